The lowest BCUT2D eigenvalue weighted by Gasteiger charge is -2.72. The third-order valence-electron chi connectivity index (χ3n) is 14.8. The van der Waals surface area contributed by atoms with Gasteiger partial charge in [0.05, 0.1) is 18.2 Å². The second-order valence-corrected chi connectivity index (χ2v) is 17.4. The molecule has 0 aromatic heterocycles. The average Bonchev–Trinajstić information content (AvgIpc) is 3.36. The minimum absolute atomic E-state index is 0.0765. The number of carbonyl (C=O) groups excluding carboxylic acids is 2. The van der Waals surface area contributed by atoms with E-state index in [1.807, 2.05) is 6.26 Å². The highest BCUT2D eigenvalue weighted by Gasteiger charge is 2.71. The topological polar surface area (TPSA) is 88.0 Å². The number of amides is 1. The van der Waals surface area contributed by atoms with E-state index in [-0.39, 0.29) is 39.5 Å². The van der Waals surface area contributed by atoms with Gasteiger partial charge in [-0.05, 0) is 135 Å². The molecule has 7 heteroatoms. The molecular weight excluding hydrogens is 556 g/mol. The molecule has 242 valence electrons. The van der Waals surface area contributed by atoms with Gasteiger partial charge in [-0.25, -0.2) is 4.79 Å². The van der Waals surface area contributed by atoms with Crippen molar-refractivity contribution in [3.8, 4) is 0 Å². The Bertz CT molecular complexity index is 1170. The Labute approximate surface area is 265 Å². The van der Waals surface area contributed by atoms with E-state index in [1.54, 1.807) is 11.8 Å². The fourth-order valence-corrected chi connectivity index (χ4v) is 12.9. The molecule has 5 fully saturated rings. The SMILES string of the molecule is C=C(C)[C@@H]1CC[C@]2(C(=O)N[C@@H](CCSC)C(=O)OC)CC[C@@]3(C)C(CCC4[C@@]5(C)CC/C(=N\O)C(C)(C)C5CC[C@]43C)C12. The molecule has 6 nitrogen and oxygen atoms in total. The molecule has 5 aliphatic rings. The molecular formula is C36H58N2O4S. The van der Waals surface area contributed by atoms with Crippen molar-refractivity contribution in [1.29, 1.82) is 0 Å². The first-order valence-corrected chi connectivity index (χ1v) is 18.3. The quantitative estimate of drug-likeness (QED) is 0.132. The van der Waals surface area contributed by atoms with Crippen LogP contribution >= 0.6 is 11.8 Å². The number of oxime groups is 1. The van der Waals surface area contributed by atoms with E-state index in [4.69, 9.17) is 4.74 Å². The fourth-order valence-electron chi connectivity index (χ4n) is 12.5. The number of methoxy groups -OCH3 is 1. The maximum Gasteiger partial charge on any atom is 0.328 e. The Morgan fingerprint density at radius 3 is 2.37 bits per heavy atom. The van der Waals surface area contributed by atoms with E-state index in [0.29, 0.717) is 30.1 Å². The smallest absolute Gasteiger partial charge is 0.328 e. The van der Waals surface area contributed by atoms with Gasteiger partial charge in [-0.2, -0.15) is 11.8 Å². The van der Waals surface area contributed by atoms with Crippen LogP contribution in [0.3, 0.4) is 0 Å². The molecule has 0 radical (unpaired) electrons. The highest BCUT2D eigenvalue weighted by molar-refractivity contribution is 7.98. The van der Waals surface area contributed by atoms with Gasteiger partial charge in [0, 0.05) is 5.41 Å². The van der Waals surface area contributed by atoms with Gasteiger partial charge in [-0.15, -0.1) is 0 Å². The van der Waals surface area contributed by atoms with Gasteiger partial charge in [0.1, 0.15) is 6.04 Å². The average molecular weight is 615 g/mol. The number of allylic oxidation sites excluding steroid dienone is 1. The Morgan fingerprint density at radius 1 is 1.02 bits per heavy atom. The van der Waals surface area contributed by atoms with Crippen molar-refractivity contribution in [2.24, 2.45) is 61.8 Å². The van der Waals surface area contributed by atoms with Crippen molar-refractivity contribution in [3.63, 3.8) is 0 Å². The molecule has 4 unspecified atom stereocenters. The molecule has 5 aliphatic carbocycles. The van der Waals surface area contributed by atoms with Gasteiger partial charge in [0.15, 0.2) is 0 Å². The molecule has 0 aromatic carbocycles. The van der Waals surface area contributed by atoms with Gasteiger partial charge in [0.2, 0.25) is 5.91 Å². The summed E-state index contributed by atoms with van der Waals surface area (Å²) in [6.07, 6.45) is 13.1. The number of hydrogen-bond acceptors (Lipinski definition) is 6. The molecule has 0 aromatic rings. The maximum atomic E-state index is 14.5. The van der Waals surface area contributed by atoms with Crippen LogP contribution in [0, 0.1) is 56.7 Å². The second-order valence-electron chi connectivity index (χ2n) is 16.4. The summed E-state index contributed by atoms with van der Waals surface area (Å²) in [5, 5.41) is 16.9. The first kappa shape index (κ1) is 32.9. The third-order valence-corrected chi connectivity index (χ3v) is 15.5. The molecule has 43 heavy (non-hydrogen) atoms. The van der Waals surface area contributed by atoms with Crippen LogP contribution in [0.5, 0.6) is 0 Å². The third kappa shape index (κ3) is 4.66. The van der Waals surface area contributed by atoms with Crippen molar-refractivity contribution in [2.75, 3.05) is 19.1 Å². The number of fused-ring (bicyclic) bond motifs is 7. The Morgan fingerprint density at radius 2 is 1.74 bits per heavy atom. The minimum Gasteiger partial charge on any atom is -0.467 e. The normalized spacial score (nSPS) is 44.7. The molecule has 5 saturated carbocycles. The highest BCUT2D eigenvalue weighted by Crippen LogP contribution is 2.77. The summed E-state index contributed by atoms with van der Waals surface area (Å²) in [6, 6.07) is -0.595. The van der Waals surface area contributed by atoms with Crippen LogP contribution in [0.25, 0.3) is 0 Å². The number of hydrogen-bond donors (Lipinski definition) is 2. The van der Waals surface area contributed by atoms with Gasteiger partial charge in [-0.3, -0.25) is 4.79 Å². The molecule has 0 bridgehead atoms. The van der Waals surface area contributed by atoms with Crippen LogP contribution < -0.4 is 5.32 Å². The number of nitrogens with one attached hydrogen (secondary N) is 1. The summed E-state index contributed by atoms with van der Waals surface area (Å²) in [5.74, 6) is 2.70. The van der Waals surface area contributed by atoms with E-state index in [1.165, 1.54) is 25.5 Å². The number of rotatable bonds is 7. The molecule has 2 N–H and O–H groups in total. The van der Waals surface area contributed by atoms with Gasteiger partial charge >= 0.3 is 5.97 Å². The first-order chi connectivity index (χ1) is 20.2. The van der Waals surface area contributed by atoms with Crippen LogP contribution in [-0.4, -0.2) is 48.0 Å². The Kier molecular flexibility index (Phi) is 8.71. The number of nitrogens with zero attached hydrogens (tertiary/aromatic N) is 1. The fraction of sp³-hybridized carbons (Fsp3) is 0.861. The van der Waals surface area contributed by atoms with Crippen LogP contribution in [0.1, 0.15) is 112 Å². The molecule has 1 amide bonds. The summed E-state index contributed by atoms with van der Waals surface area (Å²) < 4.78 is 5.12. The minimum atomic E-state index is -0.595. The summed E-state index contributed by atoms with van der Waals surface area (Å²) >= 11 is 1.69. The lowest BCUT2D eigenvalue weighted by atomic mass is 9.32. The lowest BCUT2D eigenvalue weighted by Crippen LogP contribution is -2.67. The molecule has 0 saturated heterocycles. The van der Waals surface area contributed by atoms with E-state index >= 15 is 0 Å². The largest absolute Gasteiger partial charge is 0.467 e. The molecule has 0 aliphatic heterocycles. The predicted octanol–water partition coefficient (Wildman–Crippen LogP) is 7.89. The maximum absolute atomic E-state index is 14.5. The number of ether oxygens (including phenoxy) is 1. The zero-order valence-corrected chi connectivity index (χ0v) is 29.0. The van der Waals surface area contributed by atoms with Crippen LogP contribution in [0.4, 0.5) is 0 Å². The van der Waals surface area contributed by atoms with E-state index in [9.17, 15) is 14.8 Å². The second kappa shape index (κ2) is 11.4. The van der Waals surface area contributed by atoms with Crippen LogP contribution in [0.2, 0.25) is 0 Å². The van der Waals surface area contributed by atoms with E-state index in [0.717, 1.165) is 62.8 Å². The zero-order valence-electron chi connectivity index (χ0n) is 28.2. The van der Waals surface area contributed by atoms with Gasteiger partial charge < -0.3 is 15.3 Å². The lowest BCUT2D eigenvalue weighted by molar-refractivity contribution is -0.227. The number of carbonyl (C=O) groups is 2. The first-order valence-electron chi connectivity index (χ1n) is 16.9. The molecule has 0 heterocycles. The van der Waals surface area contributed by atoms with E-state index in [2.05, 4.69) is 58.6 Å². The highest BCUT2D eigenvalue weighted by atomic mass is 32.2. The number of esters is 1. The summed E-state index contributed by atoms with van der Waals surface area (Å²) in [6.45, 7) is 19.0. The van der Waals surface area contributed by atoms with Crippen molar-refractivity contribution in [2.45, 2.75) is 118 Å². The Hall–Kier alpha value is -1.50. The van der Waals surface area contributed by atoms with Crippen molar-refractivity contribution >= 4 is 29.4 Å². The van der Waals surface area contributed by atoms with Crippen molar-refractivity contribution in [1.82, 2.24) is 5.32 Å². The van der Waals surface area contributed by atoms with E-state index < -0.39 is 11.5 Å². The monoisotopic (exact) mass is 614 g/mol. The van der Waals surface area contributed by atoms with Crippen molar-refractivity contribution in [3.05, 3.63) is 12.2 Å². The predicted molar refractivity (Wildman–Crippen MR) is 175 cm³/mol. The Balaban J connectivity index is 1.50. The molecule has 10 atom stereocenters. The number of thioether (sulfide) groups is 1. The van der Waals surface area contributed by atoms with Gasteiger partial charge in [-0.1, -0.05) is 51.9 Å². The molecule has 0 spiro atoms. The summed E-state index contributed by atoms with van der Waals surface area (Å²) in [4.78, 5) is 27.2. The van der Waals surface area contributed by atoms with Crippen molar-refractivity contribution < 1.29 is 19.5 Å². The molecule has 5 rings (SSSR count). The van der Waals surface area contributed by atoms with Gasteiger partial charge in [0.25, 0.3) is 0 Å². The standard InChI is InChI=1S/C36H58N2O4S/c1-22(2)23-12-18-36(31(40)37-25(15-21-43-9)30(39)42-8)20-19-34(6)24(29(23)36)10-11-27-33(5)16-14-28(38-41)32(3,4)26(33)13-17-35(27,34)7/h23-27,29,41H,1,10-21H2,2-9H3,(H,37,40)/b38-28+/t23-,24?,25-,26?,27?,29?,33-,34-,35+,36-/m0/s1. The van der Waals surface area contributed by atoms with Crippen LogP contribution in [0.15, 0.2) is 17.3 Å². The summed E-state index contributed by atoms with van der Waals surface area (Å²) in [7, 11) is 1.42. The zero-order chi connectivity index (χ0) is 31.6. The summed E-state index contributed by atoms with van der Waals surface area (Å²) in [5.41, 5.74) is 2.16. The van der Waals surface area contributed by atoms with Crippen LogP contribution in [-0.2, 0) is 14.3 Å².